The SMILES string of the molecule is c1cncc(CNCc2ccc(OC[C@@H]3CC[C@@H]4CN(c5noc6ccccc56)CCN4C3)nc2)c1. The van der Waals surface area contributed by atoms with Crippen molar-refractivity contribution in [2.75, 3.05) is 37.7 Å². The monoisotopic (exact) mass is 484 g/mol. The van der Waals surface area contributed by atoms with E-state index in [0.717, 1.165) is 61.6 Å². The molecule has 2 atom stereocenters. The molecule has 8 nitrogen and oxygen atoms in total. The van der Waals surface area contributed by atoms with Crippen LogP contribution in [0, 0.1) is 5.92 Å². The Balaban J connectivity index is 0.956. The molecular weight excluding hydrogens is 452 g/mol. The maximum Gasteiger partial charge on any atom is 0.213 e. The maximum absolute atomic E-state index is 6.08. The number of rotatable bonds is 8. The first kappa shape index (κ1) is 22.9. The summed E-state index contributed by atoms with van der Waals surface area (Å²) in [6.45, 7) is 6.36. The number of ether oxygens (including phenoxy) is 1. The zero-order valence-corrected chi connectivity index (χ0v) is 20.4. The summed E-state index contributed by atoms with van der Waals surface area (Å²) in [6, 6.07) is 16.8. The van der Waals surface area contributed by atoms with E-state index in [-0.39, 0.29) is 0 Å². The second-order valence-corrected chi connectivity index (χ2v) is 9.82. The Morgan fingerprint density at radius 3 is 2.72 bits per heavy atom. The number of anilines is 1. The number of piperidine rings is 1. The molecule has 6 rings (SSSR count). The Kier molecular flexibility index (Phi) is 6.78. The van der Waals surface area contributed by atoms with Gasteiger partial charge in [-0.3, -0.25) is 9.88 Å². The Labute approximate surface area is 211 Å². The van der Waals surface area contributed by atoms with Gasteiger partial charge in [0, 0.05) is 75.9 Å². The lowest BCUT2D eigenvalue weighted by Gasteiger charge is -2.46. The first-order valence-electron chi connectivity index (χ1n) is 12.8. The number of hydrogen-bond acceptors (Lipinski definition) is 8. The molecule has 2 saturated heterocycles. The molecule has 3 aromatic heterocycles. The van der Waals surface area contributed by atoms with Crippen LogP contribution in [0.4, 0.5) is 5.82 Å². The number of pyridine rings is 2. The van der Waals surface area contributed by atoms with Crippen molar-refractivity contribution in [3.63, 3.8) is 0 Å². The number of nitrogens with one attached hydrogen (secondary N) is 1. The lowest BCUT2D eigenvalue weighted by atomic mass is 9.91. The molecule has 8 heteroatoms. The summed E-state index contributed by atoms with van der Waals surface area (Å²) in [6.07, 6.45) is 7.92. The summed E-state index contributed by atoms with van der Waals surface area (Å²) >= 11 is 0. The summed E-state index contributed by atoms with van der Waals surface area (Å²) in [7, 11) is 0. The van der Waals surface area contributed by atoms with Crippen molar-refractivity contribution in [1.29, 1.82) is 0 Å². The van der Waals surface area contributed by atoms with Crippen LogP contribution < -0.4 is 15.0 Å². The van der Waals surface area contributed by atoms with Gasteiger partial charge in [0.1, 0.15) is 0 Å². The topological polar surface area (TPSA) is 79.6 Å². The maximum atomic E-state index is 6.08. The first-order valence-corrected chi connectivity index (χ1v) is 12.8. The standard InChI is InChI=1S/C28H32N6O2/c1-2-6-26-25(5-1)28(32-36-26)34-13-12-33-18-23(7-9-24(33)19-34)20-35-27-10-8-22(17-31-27)16-30-15-21-4-3-11-29-14-21/h1-6,8,10-11,14,17,23-24,30H,7,9,12-13,15-16,18-20H2/t23-,24-/m1/s1. The fourth-order valence-corrected chi connectivity index (χ4v) is 5.35. The van der Waals surface area contributed by atoms with Crippen molar-refractivity contribution in [1.82, 2.24) is 25.3 Å². The summed E-state index contributed by atoms with van der Waals surface area (Å²) in [5, 5.41) is 8.91. The van der Waals surface area contributed by atoms with E-state index in [1.165, 1.54) is 18.4 Å². The van der Waals surface area contributed by atoms with Crippen molar-refractivity contribution in [3.8, 4) is 5.88 Å². The van der Waals surface area contributed by atoms with Gasteiger partial charge in [0.15, 0.2) is 11.4 Å². The van der Waals surface area contributed by atoms with E-state index in [4.69, 9.17) is 9.26 Å². The van der Waals surface area contributed by atoms with E-state index >= 15 is 0 Å². The number of piperazine rings is 1. The smallest absolute Gasteiger partial charge is 0.213 e. The Morgan fingerprint density at radius 1 is 0.944 bits per heavy atom. The van der Waals surface area contributed by atoms with Crippen molar-refractivity contribution in [2.45, 2.75) is 32.0 Å². The number of hydrogen-bond donors (Lipinski definition) is 1. The number of benzene rings is 1. The minimum atomic E-state index is 0.531. The molecule has 4 aromatic rings. The average Bonchev–Trinajstić information content (AvgIpc) is 3.37. The van der Waals surface area contributed by atoms with Crippen LogP contribution in [-0.4, -0.2) is 58.9 Å². The predicted molar refractivity (Wildman–Crippen MR) is 139 cm³/mol. The Bertz CT molecular complexity index is 1260. The molecule has 0 amide bonds. The van der Waals surface area contributed by atoms with Gasteiger partial charge >= 0.3 is 0 Å². The second kappa shape index (κ2) is 10.6. The van der Waals surface area contributed by atoms with Crippen LogP contribution >= 0.6 is 0 Å². The van der Waals surface area contributed by atoms with Gasteiger partial charge in [0.25, 0.3) is 0 Å². The van der Waals surface area contributed by atoms with Gasteiger partial charge in [-0.15, -0.1) is 0 Å². The number of para-hydroxylation sites is 1. The quantitative estimate of drug-likeness (QED) is 0.404. The molecule has 0 radical (unpaired) electrons. The zero-order chi connectivity index (χ0) is 24.2. The minimum Gasteiger partial charge on any atom is -0.477 e. The molecule has 0 unspecified atom stereocenters. The highest BCUT2D eigenvalue weighted by molar-refractivity contribution is 5.88. The van der Waals surface area contributed by atoms with Crippen LogP contribution in [0.25, 0.3) is 11.0 Å². The minimum absolute atomic E-state index is 0.531. The molecule has 0 saturated carbocycles. The molecule has 0 aliphatic carbocycles. The van der Waals surface area contributed by atoms with Crippen LogP contribution in [0.1, 0.15) is 24.0 Å². The predicted octanol–water partition coefficient (Wildman–Crippen LogP) is 3.89. The fraction of sp³-hybridized carbons (Fsp3) is 0.393. The molecule has 36 heavy (non-hydrogen) atoms. The lowest BCUT2D eigenvalue weighted by Crippen LogP contribution is -2.57. The Hall–Kier alpha value is -3.49. The second-order valence-electron chi connectivity index (χ2n) is 9.82. The van der Waals surface area contributed by atoms with E-state index in [1.54, 1.807) is 6.20 Å². The normalized spacial score (nSPS) is 20.4. The summed E-state index contributed by atoms with van der Waals surface area (Å²) < 4.78 is 11.6. The highest BCUT2D eigenvalue weighted by Gasteiger charge is 2.34. The largest absolute Gasteiger partial charge is 0.477 e. The molecule has 2 fully saturated rings. The third kappa shape index (κ3) is 5.20. The highest BCUT2D eigenvalue weighted by atomic mass is 16.5. The van der Waals surface area contributed by atoms with E-state index in [2.05, 4.69) is 48.4 Å². The molecule has 2 aliphatic heterocycles. The molecule has 1 aromatic carbocycles. The van der Waals surface area contributed by atoms with Crippen molar-refractivity contribution >= 4 is 16.8 Å². The zero-order valence-electron chi connectivity index (χ0n) is 20.4. The van der Waals surface area contributed by atoms with Crippen LogP contribution in [0.15, 0.2) is 71.6 Å². The fourth-order valence-electron chi connectivity index (χ4n) is 5.35. The molecule has 1 N–H and O–H groups in total. The number of aromatic nitrogens is 3. The molecule has 0 bridgehead atoms. The third-order valence-corrected chi connectivity index (χ3v) is 7.31. The summed E-state index contributed by atoms with van der Waals surface area (Å²) in [5.41, 5.74) is 3.18. The summed E-state index contributed by atoms with van der Waals surface area (Å²) in [5.74, 6) is 2.22. The van der Waals surface area contributed by atoms with Gasteiger partial charge in [0.05, 0.1) is 12.0 Å². The van der Waals surface area contributed by atoms with Crippen LogP contribution in [-0.2, 0) is 13.1 Å². The average molecular weight is 485 g/mol. The van der Waals surface area contributed by atoms with E-state index in [1.807, 2.05) is 42.7 Å². The van der Waals surface area contributed by atoms with Gasteiger partial charge in [0.2, 0.25) is 5.88 Å². The lowest BCUT2D eigenvalue weighted by molar-refractivity contribution is 0.0717. The number of nitrogens with zero attached hydrogens (tertiary/aromatic N) is 5. The van der Waals surface area contributed by atoms with E-state index in [0.29, 0.717) is 24.4 Å². The van der Waals surface area contributed by atoms with Crippen LogP contribution in [0.5, 0.6) is 5.88 Å². The van der Waals surface area contributed by atoms with E-state index in [9.17, 15) is 0 Å². The third-order valence-electron chi connectivity index (χ3n) is 7.31. The van der Waals surface area contributed by atoms with Crippen molar-refractivity contribution < 1.29 is 9.26 Å². The van der Waals surface area contributed by atoms with Crippen LogP contribution in [0.3, 0.4) is 0 Å². The molecule has 5 heterocycles. The van der Waals surface area contributed by atoms with E-state index < -0.39 is 0 Å². The molecule has 186 valence electrons. The van der Waals surface area contributed by atoms with Crippen molar-refractivity contribution in [2.24, 2.45) is 5.92 Å². The van der Waals surface area contributed by atoms with Gasteiger partial charge in [-0.2, -0.15) is 0 Å². The van der Waals surface area contributed by atoms with Gasteiger partial charge < -0.3 is 19.5 Å². The van der Waals surface area contributed by atoms with Crippen LogP contribution in [0.2, 0.25) is 0 Å². The van der Waals surface area contributed by atoms with Crippen molar-refractivity contribution in [3.05, 3.63) is 78.2 Å². The van der Waals surface area contributed by atoms with Gasteiger partial charge in [-0.1, -0.05) is 29.4 Å². The molecule has 0 spiro atoms. The Morgan fingerprint density at radius 2 is 1.86 bits per heavy atom. The first-order chi connectivity index (χ1) is 17.8. The highest BCUT2D eigenvalue weighted by Crippen LogP contribution is 2.31. The summed E-state index contributed by atoms with van der Waals surface area (Å²) in [4.78, 5) is 13.7. The van der Waals surface area contributed by atoms with Gasteiger partial charge in [-0.05, 0) is 42.2 Å². The van der Waals surface area contributed by atoms with Gasteiger partial charge in [-0.25, -0.2) is 4.98 Å². The molecule has 2 aliphatic rings. The number of fused-ring (bicyclic) bond motifs is 2. The molecular formula is C28H32N6O2.